The van der Waals surface area contributed by atoms with Crippen molar-refractivity contribution in [2.75, 3.05) is 33.9 Å². The van der Waals surface area contributed by atoms with Crippen LogP contribution in [-0.2, 0) is 14.9 Å². The van der Waals surface area contributed by atoms with Crippen LogP contribution in [0.5, 0.6) is 5.75 Å². The molecule has 1 saturated carbocycles. The zero-order valence-electron chi connectivity index (χ0n) is 17.7. The van der Waals surface area contributed by atoms with Crippen molar-refractivity contribution in [2.45, 2.75) is 31.2 Å². The molecular weight excluding hydrogens is 407 g/mol. The third-order valence-electron chi connectivity index (χ3n) is 6.20. The number of aryl methyl sites for hydroxylation is 1. The van der Waals surface area contributed by atoms with Crippen molar-refractivity contribution in [3.63, 3.8) is 0 Å². The lowest BCUT2D eigenvalue weighted by molar-refractivity contribution is -0.134. The summed E-state index contributed by atoms with van der Waals surface area (Å²) in [6.45, 7) is 2.70. The number of ether oxygens (including phenoxy) is 2. The first-order chi connectivity index (χ1) is 14.9. The normalized spacial score (nSPS) is 24.8. The van der Waals surface area contributed by atoms with Gasteiger partial charge in [-0.05, 0) is 43.9 Å². The lowest BCUT2D eigenvalue weighted by Crippen LogP contribution is -2.40. The molecule has 3 atom stereocenters. The highest BCUT2D eigenvalue weighted by Crippen LogP contribution is 2.50. The first-order valence-corrected chi connectivity index (χ1v) is 10.1. The zero-order valence-corrected chi connectivity index (χ0v) is 17.7. The van der Waals surface area contributed by atoms with Crippen molar-refractivity contribution in [3.8, 4) is 5.75 Å². The number of amides is 2. The van der Waals surface area contributed by atoms with Crippen molar-refractivity contribution >= 4 is 11.8 Å². The van der Waals surface area contributed by atoms with Crippen LogP contribution in [0.4, 0.5) is 4.39 Å². The van der Waals surface area contributed by atoms with E-state index >= 15 is 0 Å². The van der Waals surface area contributed by atoms with Crippen LogP contribution in [0.1, 0.15) is 34.9 Å². The average molecular weight is 432 g/mol. The first-order valence-electron chi connectivity index (χ1n) is 10.1. The minimum absolute atomic E-state index is 0.00879. The van der Waals surface area contributed by atoms with Gasteiger partial charge in [-0.3, -0.25) is 9.59 Å². The molecule has 9 nitrogen and oxygen atoms in total. The molecule has 1 aromatic heterocycles. The summed E-state index contributed by atoms with van der Waals surface area (Å²) >= 11 is 0. The van der Waals surface area contributed by atoms with Crippen molar-refractivity contribution < 1.29 is 28.0 Å². The minimum atomic E-state index is -0.594. The van der Waals surface area contributed by atoms with Crippen LogP contribution >= 0.6 is 0 Å². The maximum Gasteiger partial charge on any atom is 0.251 e. The van der Waals surface area contributed by atoms with Crippen LogP contribution in [0.3, 0.4) is 0 Å². The second-order valence-corrected chi connectivity index (χ2v) is 8.17. The van der Waals surface area contributed by atoms with Crippen molar-refractivity contribution in [2.24, 2.45) is 5.92 Å². The fourth-order valence-electron chi connectivity index (χ4n) is 4.79. The van der Waals surface area contributed by atoms with Crippen molar-refractivity contribution in [1.29, 1.82) is 0 Å². The Balaban J connectivity index is 1.52. The molecule has 1 aliphatic heterocycles. The van der Waals surface area contributed by atoms with Gasteiger partial charge in [0.25, 0.3) is 5.91 Å². The predicted octanol–water partition coefficient (Wildman–Crippen LogP) is 1.46. The predicted molar refractivity (Wildman–Crippen MR) is 106 cm³/mol. The summed E-state index contributed by atoms with van der Waals surface area (Å²) in [6, 6.07) is 3.94. The fourth-order valence-corrected chi connectivity index (χ4v) is 4.79. The summed E-state index contributed by atoms with van der Waals surface area (Å²) in [5, 5.41) is 6.92. The van der Waals surface area contributed by atoms with Gasteiger partial charge in [-0.2, -0.15) is 4.98 Å². The molecule has 31 heavy (non-hydrogen) atoms. The Hall–Kier alpha value is -3.01. The number of aromatic nitrogens is 2. The maximum atomic E-state index is 14.0. The lowest BCUT2D eigenvalue weighted by Gasteiger charge is -2.25. The quantitative estimate of drug-likeness (QED) is 0.736. The van der Waals surface area contributed by atoms with Gasteiger partial charge < -0.3 is 24.2 Å². The molecule has 1 aromatic carbocycles. The van der Waals surface area contributed by atoms with E-state index in [1.165, 1.54) is 26.4 Å². The highest BCUT2D eigenvalue weighted by molar-refractivity contribution is 5.94. The van der Waals surface area contributed by atoms with Crippen LogP contribution in [0.2, 0.25) is 0 Å². The molecule has 2 amide bonds. The van der Waals surface area contributed by atoms with E-state index in [-0.39, 0.29) is 41.7 Å². The fraction of sp³-hybridized carbons (Fsp3) is 0.524. The van der Waals surface area contributed by atoms with Gasteiger partial charge >= 0.3 is 0 Å². The summed E-state index contributed by atoms with van der Waals surface area (Å²) in [6.07, 6.45) is 1.18. The molecule has 2 fully saturated rings. The number of carbonyl (C=O) groups excluding carboxylic acids is 2. The number of nitrogens with zero attached hydrogens (tertiary/aromatic N) is 3. The van der Waals surface area contributed by atoms with Crippen LogP contribution < -0.4 is 10.1 Å². The summed E-state index contributed by atoms with van der Waals surface area (Å²) in [5.74, 6) is 0.0755. The Morgan fingerprint density at radius 3 is 2.84 bits per heavy atom. The van der Waals surface area contributed by atoms with E-state index in [9.17, 15) is 14.0 Å². The molecule has 166 valence electrons. The molecule has 0 radical (unpaired) electrons. The molecule has 4 rings (SSSR count). The molecule has 0 spiro atoms. The number of rotatable bonds is 6. The number of likely N-dealkylation sites (tertiary alicyclic amines) is 1. The van der Waals surface area contributed by atoms with E-state index in [0.29, 0.717) is 37.6 Å². The van der Waals surface area contributed by atoms with E-state index < -0.39 is 11.2 Å². The van der Waals surface area contributed by atoms with Gasteiger partial charge in [0.15, 0.2) is 17.4 Å². The van der Waals surface area contributed by atoms with E-state index in [2.05, 4.69) is 15.5 Å². The number of nitrogens with one attached hydrogen (secondary N) is 1. The van der Waals surface area contributed by atoms with Gasteiger partial charge in [-0.25, -0.2) is 4.39 Å². The summed E-state index contributed by atoms with van der Waals surface area (Å²) in [5.41, 5.74) is -0.316. The number of hydrogen-bond acceptors (Lipinski definition) is 7. The molecule has 2 aliphatic rings. The van der Waals surface area contributed by atoms with E-state index in [0.717, 1.165) is 6.07 Å². The summed E-state index contributed by atoms with van der Waals surface area (Å²) < 4.78 is 29.4. The van der Waals surface area contributed by atoms with Gasteiger partial charge in [0, 0.05) is 31.8 Å². The van der Waals surface area contributed by atoms with E-state index in [1.807, 2.05) is 0 Å². The monoisotopic (exact) mass is 432 g/mol. The van der Waals surface area contributed by atoms with Crippen molar-refractivity contribution in [3.05, 3.63) is 41.3 Å². The molecule has 2 aromatic rings. The zero-order chi connectivity index (χ0) is 22.2. The third kappa shape index (κ3) is 3.87. The molecule has 1 saturated heterocycles. The number of hydrogen-bond donors (Lipinski definition) is 1. The summed E-state index contributed by atoms with van der Waals surface area (Å²) in [4.78, 5) is 31.3. The molecule has 2 heterocycles. The highest BCUT2D eigenvalue weighted by atomic mass is 19.1. The Kier molecular flexibility index (Phi) is 5.65. The van der Waals surface area contributed by atoms with Gasteiger partial charge in [-0.1, -0.05) is 5.16 Å². The van der Waals surface area contributed by atoms with Crippen molar-refractivity contribution in [1.82, 2.24) is 20.4 Å². The van der Waals surface area contributed by atoms with Crippen LogP contribution in [0.25, 0.3) is 0 Å². The highest BCUT2D eigenvalue weighted by Gasteiger charge is 2.58. The minimum Gasteiger partial charge on any atom is -0.494 e. The van der Waals surface area contributed by atoms with E-state index in [1.54, 1.807) is 11.8 Å². The Morgan fingerprint density at radius 2 is 2.19 bits per heavy atom. The van der Waals surface area contributed by atoms with E-state index in [4.69, 9.17) is 14.0 Å². The lowest BCUT2D eigenvalue weighted by atomic mass is 9.80. The third-order valence-corrected chi connectivity index (χ3v) is 6.20. The largest absolute Gasteiger partial charge is 0.494 e. The Morgan fingerprint density at radius 1 is 1.39 bits per heavy atom. The first kappa shape index (κ1) is 21.2. The average Bonchev–Trinajstić information content (AvgIpc) is 3.40. The Labute approximate surface area is 178 Å². The summed E-state index contributed by atoms with van der Waals surface area (Å²) in [7, 11) is 2.86. The number of methoxy groups -OCH3 is 2. The molecule has 1 unspecified atom stereocenters. The van der Waals surface area contributed by atoms with Gasteiger partial charge in [0.1, 0.15) is 6.61 Å². The maximum absolute atomic E-state index is 14.0. The van der Waals surface area contributed by atoms with Gasteiger partial charge in [0.2, 0.25) is 11.8 Å². The number of halogens is 1. The molecular formula is C21H25FN4O5. The molecule has 1 N–H and O–H groups in total. The second kappa shape index (κ2) is 8.26. The number of fused-ring (bicyclic) bond motifs is 1. The van der Waals surface area contributed by atoms with Crippen LogP contribution in [0.15, 0.2) is 22.7 Å². The standard InChI is InChI=1S/C21H25FN4O5/c1-12-23-20(31-25-12)21-8-15(7-14(21)9-26(11-21)18(27)10-29-2)24-19(28)13-4-5-17(30-3)16(22)6-13/h4-6,14-15H,7-11H2,1-3H3,(H,24,28)/t14?,15-,21+/m1/s1. The van der Waals surface area contributed by atoms with Crippen LogP contribution in [0, 0.1) is 18.7 Å². The smallest absolute Gasteiger partial charge is 0.251 e. The molecule has 0 bridgehead atoms. The number of carbonyl (C=O) groups is 2. The SMILES string of the molecule is COCC(=O)N1CC2C[C@@H](NC(=O)c3ccc(OC)c(F)c3)C[C@]2(c2nc(C)no2)C1. The Bertz CT molecular complexity index is 996. The topological polar surface area (TPSA) is 107 Å². The number of benzene rings is 1. The second-order valence-electron chi connectivity index (χ2n) is 8.17. The van der Waals surface area contributed by atoms with Gasteiger partial charge in [-0.15, -0.1) is 0 Å². The molecule has 1 aliphatic carbocycles. The molecule has 10 heteroatoms. The van der Waals surface area contributed by atoms with Crippen LogP contribution in [-0.4, -0.2) is 66.8 Å². The van der Waals surface area contributed by atoms with Gasteiger partial charge in [0.05, 0.1) is 12.5 Å².